The van der Waals surface area contributed by atoms with Crippen LogP contribution in [0.4, 0.5) is 0 Å². The minimum atomic E-state index is 0.340. The van der Waals surface area contributed by atoms with Crippen LogP contribution in [-0.4, -0.2) is 41.9 Å². The predicted octanol–water partition coefficient (Wildman–Crippen LogP) is 0.182. The van der Waals surface area contributed by atoms with Gasteiger partial charge in [0.2, 0.25) is 0 Å². The van der Waals surface area contributed by atoms with E-state index in [1.165, 1.54) is 0 Å². The molecule has 2 N–H and O–H groups in total. The molecule has 2 aliphatic rings. The Morgan fingerprint density at radius 1 is 1.62 bits per heavy atom. The van der Waals surface area contributed by atoms with Crippen molar-refractivity contribution in [1.29, 1.82) is 0 Å². The second-order valence-electron chi connectivity index (χ2n) is 3.67. The Bertz CT molecular complexity index is 246. The molecular weight excluding hydrogens is 164 g/mol. The number of aliphatic imine (C=N–C) groups is 1. The normalized spacial score (nSPS) is 29.5. The third-order valence-electron chi connectivity index (χ3n) is 2.47. The van der Waals surface area contributed by atoms with Gasteiger partial charge in [-0.05, 0) is 13.3 Å². The molecule has 0 bridgehead atoms. The zero-order chi connectivity index (χ0) is 9.26. The van der Waals surface area contributed by atoms with E-state index in [1.54, 1.807) is 0 Å². The van der Waals surface area contributed by atoms with Crippen LogP contribution in [0.3, 0.4) is 0 Å². The van der Waals surface area contributed by atoms with Crippen LogP contribution >= 0.6 is 0 Å². The van der Waals surface area contributed by atoms with E-state index in [9.17, 15) is 0 Å². The summed E-state index contributed by atoms with van der Waals surface area (Å²) in [5, 5.41) is 4.49. The molecule has 13 heavy (non-hydrogen) atoms. The monoisotopic (exact) mass is 180 g/mol. The van der Waals surface area contributed by atoms with Gasteiger partial charge in [-0.15, -0.1) is 0 Å². The van der Waals surface area contributed by atoms with Gasteiger partial charge in [-0.3, -0.25) is 4.99 Å². The smallest absolute Gasteiger partial charge is 0.0694 e. The van der Waals surface area contributed by atoms with Crippen LogP contribution in [0, 0.1) is 0 Å². The minimum absolute atomic E-state index is 0.340. The standard InChI is InChI=1S/C9H16N4/c1-8-6-13(5-3-11-8)12-4-2-9(10)7-12/h3,6,9H,2,4-5,7,10H2,1H3. The molecule has 1 saturated heterocycles. The highest BCUT2D eigenvalue weighted by Crippen LogP contribution is 2.13. The number of allylic oxidation sites excluding steroid dienone is 1. The fraction of sp³-hybridized carbons (Fsp3) is 0.667. The van der Waals surface area contributed by atoms with Crippen molar-refractivity contribution >= 4 is 6.21 Å². The van der Waals surface area contributed by atoms with Crippen LogP contribution in [0.2, 0.25) is 0 Å². The van der Waals surface area contributed by atoms with Crippen molar-refractivity contribution in [2.24, 2.45) is 10.7 Å². The molecule has 1 fully saturated rings. The van der Waals surface area contributed by atoms with E-state index in [-0.39, 0.29) is 0 Å². The summed E-state index contributed by atoms with van der Waals surface area (Å²) in [6.45, 7) is 4.93. The van der Waals surface area contributed by atoms with Crippen molar-refractivity contribution < 1.29 is 0 Å². The topological polar surface area (TPSA) is 44.9 Å². The van der Waals surface area contributed by atoms with E-state index in [1.807, 2.05) is 13.1 Å². The molecule has 0 aromatic heterocycles. The maximum absolute atomic E-state index is 5.84. The molecule has 0 amide bonds. The van der Waals surface area contributed by atoms with Crippen LogP contribution in [0.1, 0.15) is 13.3 Å². The molecule has 2 heterocycles. The average Bonchev–Trinajstić information content (AvgIpc) is 2.52. The number of nitrogens with zero attached hydrogens (tertiary/aromatic N) is 3. The lowest BCUT2D eigenvalue weighted by atomic mass is 10.3. The second kappa shape index (κ2) is 3.47. The largest absolute Gasteiger partial charge is 0.326 e. The fourth-order valence-corrected chi connectivity index (χ4v) is 1.77. The summed E-state index contributed by atoms with van der Waals surface area (Å²) in [5.41, 5.74) is 6.91. The lowest BCUT2D eigenvalue weighted by Gasteiger charge is -2.31. The highest BCUT2D eigenvalue weighted by molar-refractivity contribution is 5.62. The molecule has 0 radical (unpaired) electrons. The molecule has 4 nitrogen and oxygen atoms in total. The Kier molecular flexibility index (Phi) is 2.33. The van der Waals surface area contributed by atoms with Crippen LogP contribution in [0.25, 0.3) is 0 Å². The maximum atomic E-state index is 5.84. The van der Waals surface area contributed by atoms with Gasteiger partial charge in [-0.25, -0.2) is 5.01 Å². The number of hydrogen-bond acceptors (Lipinski definition) is 4. The van der Waals surface area contributed by atoms with E-state index in [2.05, 4.69) is 21.2 Å². The summed E-state index contributed by atoms with van der Waals surface area (Å²) >= 11 is 0. The van der Waals surface area contributed by atoms with Crippen molar-refractivity contribution in [2.45, 2.75) is 19.4 Å². The Morgan fingerprint density at radius 2 is 2.46 bits per heavy atom. The van der Waals surface area contributed by atoms with E-state index in [0.717, 1.165) is 31.8 Å². The first-order valence-electron chi connectivity index (χ1n) is 4.74. The summed E-state index contributed by atoms with van der Waals surface area (Å²) in [6.07, 6.45) is 5.12. The zero-order valence-corrected chi connectivity index (χ0v) is 7.98. The molecule has 0 aromatic rings. The van der Waals surface area contributed by atoms with E-state index >= 15 is 0 Å². The fourth-order valence-electron chi connectivity index (χ4n) is 1.77. The maximum Gasteiger partial charge on any atom is 0.0694 e. The van der Waals surface area contributed by atoms with Crippen molar-refractivity contribution in [3.63, 3.8) is 0 Å². The van der Waals surface area contributed by atoms with Crippen LogP contribution in [-0.2, 0) is 0 Å². The molecule has 0 aliphatic carbocycles. The third kappa shape index (κ3) is 1.89. The Labute approximate surface area is 78.7 Å². The Balaban J connectivity index is 1.98. The molecule has 0 aromatic carbocycles. The lowest BCUT2D eigenvalue weighted by Crippen LogP contribution is -2.41. The summed E-state index contributed by atoms with van der Waals surface area (Å²) in [7, 11) is 0. The first-order valence-corrected chi connectivity index (χ1v) is 4.74. The van der Waals surface area contributed by atoms with Gasteiger partial charge in [0.05, 0.1) is 12.2 Å². The molecule has 1 atom stereocenters. The number of rotatable bonds is 1. The molecule has 2 rings (SSSR count). The van der Waals surface area contributed by atoms with Gasteiger partial charge in [-0.1, -0.05) is 0 Å². The summed E-state index contributed by atoms with van der Waals surface area (Å²) in [4.78, 5) is 4.21. The first-order chi connectivity index (χ1) is 6.25. The molecule has 72 valence electrons. The van der Waals surface area contributed by atoms with Gasteiger partial charge >= 0.3 is 0 Å². The minimum Gasteiger partial charge on any atom is -0.326 e. The van der Waals surface area contributed by atoms with Crippen LogP contribution < -0.4 is 5.73 Å². The molecule has 0 saturated carbocycles. The summed E-state index contributed by atoms with van der Waals surface area (Å²) < 4.78 is 0. The van der Waals surface area contributed by atoms with Crippen molar-refractivity contribution in [3.05, 3.63) is 11.9 Å². The number of hydrazine groups is 1. The molecular formula is C9H16N4. The van der Waals surface area contributed by atoms with Gasteiger partial charge in [0.1, 0.15) is 0 Å². The average molecular weight is 180 g/mol. The van der Waals surface area contributed by atoms with Gasteiger partial charge in [0.15, 0.2) is 0 Å². The highest BCUT2D eigenvalue weighted by atomic mass is 15.6. The van der Waals surface area contributed by atoms with Crippen molar-refractivity contribution in [2.75, 3.05) is 19.6 Å². The van der Waals surface area contributed by atoms with Gasteiger partial charge < -0.3 is 10.7 Å². The molecule has 1 unspecified atom stereocenters. The van der Waals surface area contributed by atoms with Gasteiger partial charge in [0, 0.05) is 31.5 Å². The van der Waals surface area contributed by atoms with Crippen molar-refractivity contribution in [1.82, 2.24) is 10.0 Å². The van der Waals surface area contributed by atoms with Crippen LogP contribution in [0.15, 0.2) is 16.9 Å². The summed E-state index contributed by atoms with van der Waals surface area (Å²) in [6, 6.07) is 0.340. The van der Waals surface area contributed by atoms with Crippen LogP contribution in [0.5, 0.6) is 0 Å². The Hall–Kier alpha value is -0.870. The van der Waals surface area contributed by atoms with Gasteiger partial charge in [-0.2, -0.15) is 0 Å². The molecule has 0 spiro atoms. The van der Waals surface area contributed by atoms with E-state index in [4.69, 9.17) is 5.73 Å². The Morgan fingerprint density at radius 3 is 3.08 bits per heavy atom. The number of nitrogens with two attached hydrogens (primary N) is 1. The third-order valence-corrected chi connectivity index (χ3v) is 2.47. The quantitative estimate of drug-likeness (QED) is 0.626. The summed E-state index contributed by atoms with van der Waals surface area (Å²) in [5.74, 6) is 0. The molecule has 4 heteroatoms. The highest BCUT2D eigenvalue weighted by Gasteiger charge is 2.23. The first kappa shape index (κ1) is 8.72. The molecule has 2 aliphatic heterocycles. The van der Waals surface area contributed by atoms with E-state index in [0.29, 0.717) is 6.04 Å². The second-order valence-corrected chi connectivity index (χ2v) is 3.67. The van der Waals surface area contributed by atoms with Crippen molar-refractivity contribution in [3.8, 4) is 0 Å². The predicted molar refractivity (Wildman–Crippen MR) is 53.1 cm³/mol. The zero-order valence-electron chi connectivity index (χ0n) is 7.98. The lowest BCUT2D eigenvalue weighted by molar-refractivity contribution is 0.0625. The van der Waals surface area contributed by atoms with Gasteiger partial charge in [0.25, 0.3) is 0 Å². The number of hydrogen-bond donors (Lipinski definition) is 1. The SMILES string of the molecule is CC1=CN(N2CCC(N)C2)CC=N1. The van der Waals surface area contributed by atoms with E-state index < -0.39 is 0 Å².